The Morgan fingerprint density at radius 1 is 1.17 bits per heavy atom. The first-order valence-corrected chi connectivity index (χ1v) is 10.6. The van der Waals surface area contributed by atoms with Crippen LogP contribution in [0, 0.1) is 12.8 Å². The molecule has 9 nitrogen and oxygen atoms in total. The van der Waals surface area contributed by atoms with Crippen molar-refractivity contribution in [3.8, 4) is 0 Å². The summed E-state index contributed by atoms with van der Waals surface area (Å²) in [6.07, 6.45) is 5.25. The summed E-state index contributed by atoms with van der Waals surface area (Å²) >= 11 is 0. The quantitative estimate of drug-likeness (QED) is 0.588. The zero-order chi connectivity index (χ0) is 20.4. The number of carbonyl (C=O) groups is 1. The molecule has 3 N–H and O–H groups in total. The number of fused-ring (bicyclic) bond motifs is 1. The van der Waals surface area contributed by atoms with Gasteiger partial charge in [0, 0.05) is 35.6 Å². The molecule has 0 aliphatic heterocycles. The lowest BCUT2D eigenvalue weighted by Gasteiger charge is -2.20. The zero-order valence-electron chi connectivity index (χ0n) is 15.7. The maximum absolute atomic E-state index is 12.6. The van der Waals surface area contributed by atoms with Gasteiger partial charge in [-0.3, -0.25) is 4.79 Å². The molecule has 3 aromatic rings. The van der Waals surface area contributed by atoms with Gasteiger partial charge in [-0.15, -0.1) is 0 Å². The second kappa shape index (κ2) is 7.63. The van der Waals surface area contributed by atoms with Gasteiger partial charge >= 0.3 is 0 Å². The predicted molar refractivity (Wildman–Crippen MR) is 107 cm³/mol. The molecule has 1 unspecified atom stereocenters. The van der Waals surface area contributed by atoms with Gasteiger partial charge in [-0.1, -0.05) is 0 Å². The van der Waals surface area contributed by atoms with E-state index in [0.29, 0.717) is 17.8 Å². The normalized spacial score (nSPS) is 16.1. The van der Waals surface area contributed by atoms with Crippen molar-refractivity contribution in [1.29, 1.82) is 0 Å². The Bertz CT molecular complexity index is 1140. The van der Waals surface area contributed by atoms with Crippen LogP contribution in [0.4, 0.5) is 11.6 Å². The van der Waals surface area contributed by atoms with Gasteiger partial charge < -0.3 is 10.3 Å². The van der Waals surface area contributed by atoms with Crippen molar-refractivity contribution in [2.75, 3.05) is 10.0 Å². The first kappa shape index (κ1) is 19.1. The summed E-state index contributed by atoms with van der Waals surface area (Å²) in [5.74, 6) is -0.225. The molecule has 1 amide bonds. The highest BCUT2D eigenvalue weighted by atomic mass is 32.2. The Kier molecular flexibility index (Phi) is 5.01. The van der Waals surface area contributed by atoms with Gasteiger partial charge in [0.1, 0.15) is 0 Å². The van der Waals surface area contributed by atoms with Crippen LogP contribution in [0.5, 0.6) is 0 Å². The molecule has 29 heavy (non-hydrogen) atoms. The lowest BCUT2D eigenvalue weighted by Crippen LogP contribution is -2.28. The van der Waals surface area contributed by atoms with Crippen LogP contribution in [0.15, 0.2) is 47.8 Å². The third kappa shape index (κ3) is 4.27. The molecular formula is C19H20N6O3S. The van der Waals surface area contributed by atoms with E-state index in [1.54, 1.807) is 31.5 Å². The van der Waals surface area contributed by atoms with E-state index in [-0.39, 0.29) is 22.7 Å². The van der Waals surface area contributed by atoms with Crippen LogP contribution in [0.25, 0.3) is 0 Å². The summed E-state index contributed by atoms with van der Waals surface area (Å²) in [6.45, 7) is 1.75. The maximum atomic E-state index is 12.6. The molecule has 0 spiro atoms. The Morgan fingerprint density at radius 3 is 2.72 bits per heavy atom. The highest BCUT2D eigenvalue weighted by Crippen LogP contribution is 2.24. The summed E-state index contributed by atoms with van der Waals surface area (Å²) in [7, 11) is -3.82. The van der Waals surface area contributed by atoms with Crippen LogP contribution in [0.3, 0.4) is 0 Å². The average Bonchev–Trinajstić information content (AvgIpc) is 3.16. The molecule has 0 saturated carbocycles. The molecule has 1 aliphatic rings. The Morgan fingerprint density at radius 2 is 1.97 bits per heavy atom. The third-order valence-corrected chi connectivity index (χ3v) is 6.16. The van der Waals surface area contributed by atoms with Gasteiger partial charge in [0.05, 0.1) is 16.9 Å². The van der Waals surface area contributed by atoms with Crippen LogP contribution >= 0.6 is 0 Å². The molecular weight excluding hydrogens is 392 g/mol. The maximum Gasteiger partial charge on any atom is 0.264 e. The molecule has 2 heterocycles. The number of aryl methyl sites for hydroxylation is 2. The summed E-state index contributed by atoms with van der Waals surface area (Å²) in [5, 5.41) is 2.86. The molecule has 4 rings (SSSR count). The largest absolute Gasteiger partial charge is 0.348 e. The van der Waals surface area contributed by atoms with Crippen molar-refractivity contribution in [2.45, 2.75) is 31.1 Å². The predicted octanol–water partition coefficient (Wildman–Crippen LogP) is 2.05. The van der Waals surface area contributed by atoms with E-state index in [1.165, 1.54) is 18.3 Å². The van der Waals surface area contributed by atoms with Crippen molar-refractivity contribution in [3.63, 3.8) is 0 Å². The number of rotatable bonds is 5. The number of anilines is 2. The second-order valence-electron chi connectivity index (χ2n) is 6.91. The van der Waals surface area contributed by atoms with E-state index < -0.39 is 10.0 Å². The molecule has 0 radical (unpaired) electrons. The van der Waals surface area contributed by atoms with E-state index in [9.17, 15) is 13.2 Å². The fourth-order valence-electron chi connectivity index (χ4n) is 3.26. The number of sulfonamides is 1. The van der Waals surface area contributed by atoms with Crippen LogP contribution in [0.2, 0.25) is 0 Å². The van der Waals surface area contributed by atoms with E-state index >= 15 is 0 Å². The fourth-order valence-corrected chi connectivity index (χ4v) is 4.21. The Hall–Kier alpha value is -3.27. The fraction of sp³-hybridized carbons (Fsp3) is 0.263. The molecule has 1 aliphatic carbocycles. The molecule has 2 aromatic heterocycles. The SMILES string of the molecule is Cc1ccnc(NS(=O)(=O)c2ccc(NC(=O)C3CCc4nc[nH]c4C3)cc2)n1. The van der Waals surface area contributed by atoms with Crippen molar-refractivity contribution >= 4 is 27.6 Å². The number of aromatic nitrogens is 4. The first-order chi connectivity index (χ1) is 13.9. The van der Waals surface area contributed by atoms with Gasteiger partial charge in [0.25, 0.3) is 10.0 Å². The number of amides is 1. The van der Waals surface area contributed by atoms with Crippen LogP contribution < -0.4 is 10.0 Å². The molecule has 150 valence electrons. The van der Waals surface area contributed by atoms with E-state index in [4.69, 9.17) is 0 Å². The van der Waals surface area contributed by atoms with Crippen LogP contribution in [0.1, 0.15) is 23.5 Å². The van der Waals surface area contributed by atoms with Gasteiger partial charge in [-0.25, -0.2) is 28.1 Å². The van der Waals surface area contributed by atoms with Gasteiger partial charge in [0.2, 0.25) is 11.9 Å². The minimum absolute atomic E-state index is 0.0119. The Labute approximate surface area is 168 Å². The molecule has 0 bridgehead atoms. The number of nitrogens with zero attached hydrogens (tertiary/aromatic N) is 3. The van der Waals surface area contributed by atoms with Gasteiger partial charge in [-0.2, -0.15) is 0 Å². The number of hydrogen-bond acceptors (Lipinski definition) is 6. The highest BCUT2D eigenvalue weighted by Gasteiger charge is 2.26. The van der Waals surface area contributed by atoms with Crippen LogP contribution in [-0.4, -0.2) is 34.3 Å². The number of benzene rings is 1. The van der Waals surface area contributed by atoms with E-state index in [2.05, 4.69) is 30.0 Å². The number of hydrogen-bond donors (Lipinski definition) is 3. The van der Waals surface area contributed by atoms with Crippen molar-refractivity contribution in [3.05, 3.63) is 59.9 Å². The van der Waals surface area contributed by atoms with Crippen molar-refractivity contribution in [2.24, 2.45) is 5.92 Å². The number of carbonyl (C=O) groups excluding carboxylic acids is 1. The third-order valence-electron chi connectivity index (χ3n) is 4.81. The zero-order valence-corrected chi connectivity index (χ0v) is 16.5. The summed E-state index contributed by atoms with van der Waals surface area (Å²) in [4.78, 5) is 27.9. The summed E-state index contributed by atoms with van der Waals surface area (Å²) in [5.41, 5.74) is 3.22. The molecule has 0 fully saturated rings. The molecule has 10 heteroatoms. The number of nitrogens with one attached hydrogen (secondary N) is 3. The molecule has 0 saturated heterocycles. The van der Waals surface area contributed by atoms with Crippen molar-refractivity contribution < 1.29 is 13.2 Å². The van der Waals surface area contributed by atoms with Gasteiger partial charge in [-0.05, 0) is 50.1 Å². The molecule has 1 atom stereocenters. The number of aromatic amines is 1. The van der Waals surface area contributed by atoms with Crippen molar-refractivity contribution in [1.82, 2.24) is 19.9 Å². The summed E-state index contributed by atoms with van der Waals surface area (Å²) in [6, 6.07) is 7.67. The van der Waals surface area contributed by atoms with Gasteiger partial charge in [0.15, 0.2) is 0 Å². The Balaban J connectivity index is 1.42. The topological polar surface area (TPSA) is 130 Å². The standard InChI is InChI=1S/C19H20N6O3S/c1-12-8-9-20-19(23-12)25-29(27,28)15-5-3-14(4-6-15)24-18(26)13-2-7-16-17(10-13)22-11-21-16/h3-6,8-9,11,13H,2,7,10H2,1H3,(H,21,22)(H,24,26)(H,20,23,25). The first-order valence-electron chi connectivity index (χ1n) is 9.15. The lowest BCUT2D eigenvalue weighted by molar-refractivity contribution is -0.120. The number of imidazole rings is 1. The van der Waals surface area contributed by atoms with E-state index in [1.807, 2.05) is 0 Å². The minimum atomic E-state index is -3.82. The minimum Gasteiger partial charge on any atom is -0.348 e. The lowest BCUT2D eigenvalue weighted by atomic mass is 9.89. The monoisotopic (exact) mass is 412 g/mol. The van der Waals surface area contributed by atoms with E-state index in [0.717, 1.165) is 24.2 Å². The second-order valence-corrected chi connectivity index (χ2v) is 8.59. The average molecular weight is 412 g/mol. The summed E-state index contributed by atoms with van der Waals surface area (Å²) < 4.78 is 27.3. The number of H-pyrrole nitrogens is 1. The smallest absolute Gasteiger partial charge is 0.264 e. The molecule has 1 aromatic carbocycles. The van der Waals surface area contributed by atoms with Crippen LogP contribution in [-0.2, 0) is 27.7 Å². The highest BCUT2D eigenvalue weighted by molar-refractivity contribution is 7.92.